The van der Waals surface area contributed by atoms with Gasteiger partial charge in [0.2, 0.25) is 0 Å². The van der Waals surface area contributed by atoms with Gasteiger partial charge in [-0.05, 0) is 38.0 Å². The number of hydrogen-bond acceptors (Lipinski definition) is 1. The number of hydrogen-bond donors (Lipinski definition) is 0. The molecule has 0 spiro atoms. The summed E-state index contributed by atoms with van der Waals surface area (Å²) in [6.07, 6.45) is 10.8. The minimum Gasteiger partial charge on any atom is -0.248 e. The molecule has 1 nitrogen and oxygen atoms in total. The number of rotatable bonds is 6. The van der Waals surface area contributed by atoms with Crippen molar-refractivity contribution in [2.24, 2.45) is 4.99 Å². The summed E-state index contributed by atoms with van der Waals surface area (Å²) in [6.45, 7) is 9.96. The Balaban J connectivity index is 3.38. The quantitative estimate of drug-likeness (QED) is 0.477. The Kier molecular flexibility index (Phi) is 7.05. The van der Waals surface area contributed by atoms with Crippen molar-refractivity contribution < 1.29 is 0 Å². The molecule has 1 heteroatoms. The van der Waals surface area contributed by atoms with Crippen LogP contribution in [0.1, 0.15) is 32.8 Å². The summed E-state index contributed by atoms with van der Waals surface area (Å²) in [5.74, 6) is 0. The van der Waals surface area contributed by atoms with E-state index in [9.17, 15) is 0 Å². The molecule has 0 saturated carbocycles. The fourth-order valence-electron chi connectivity index (χ4n) is 1.98. The van der Waals surface area contributed by atoms with Gasteiger partial charge in [0, 0.05) is 5.56 Å². The van der Waals surface area contributed by atoms with E-state index in [1.807, 2.05) is 43.4 Å². The van der Waals surface area contributed by atoms with E-state index in [1.54, 1.807) is 6.08 Å². The van der Waals surface area contributed by atoms with E-state index in [0.717, 1.165) is 23.4 Å². The van der Waals surface area contributed by atoms with Gasteiger partial charge in [0.1, 0.15) is 0 Å². The van der Waals surface area contributed by atoms with E-state index in [4.69, 9.17) is 4.99 Å². The molecule has 0 N–H and O–H groups in total. The minimum absolute atomic E-state index is 0.911. The number of allylic oxidation sites excluding steroid dienone is 6. The molecule has 0 bridgehead atoms. The third kappa shape index (κ3) is 4.51. The molecule has 1 aromatic rings. The molecule has 0 aliphatic carbocycles. The molecule has 1 aromatic carbocycles. The highest BCUT2D eigenvalue weighted by molar-refractivity contribution is 6.13. The molecule has 0 aromatic heterocycles. The van der Waals surface area contributed by atoms with Crippen molar-refractivity contribution in [3.63, 3.8) is 0 Å². The maximum atomic E-state index is 4.82. The summed E-state index contributed by atoms with van der Waals surface area (Å²) < 4.78 is 0. The molecule has 0 atom stereocenters. The van der Waals surface area contributed by atoms with Crippen molar-refractivity contribution in [1.82, 2.24) is 0 Å². The van der Waals surface area contributed by atoms with Crippen molar-refractivity contribution >= 4 is 5.71 Å². The topological polar surface area (TPSA) is 12.4 Å². The molecule has 0 fully saturated rings. The lowest BCUT2D eigenvalue weighted by Gasteiger charge is -2.10. The molecule has 0 amide bonds. The van der Waals surface area contributed by atoms with Crippen LogP contribution >= 0.6 is 0 Å². The van der Waals surface area contributed by atoms with Crippen molar-refractivity contribution in [3.05, 3.63) is 84.1 Å². The van der Waals surface area contributed by atoms with Gasteiger partial charge in [-0.15, -0.1) is 0 Å². The normalized spacial score (nSPS) is 13.8. The van der Waals surface area contributed by atoms with Crippen LogP contribution in [0.3, 0.4) is 0 Å². The van der Waals surface area contributed by atoms with E-state index in [1.165, 1.54) is 5.57 Å². The summed E-state index contributed by atoms with van der Waals surface area (Å²) in [5.41, 5.74) is 4.33. The zero-order valence-corrected chi connectivity index (χ0v) is 12.6. The maximum absolute atomic E-state index is 4.82. The van der Waals surface area contributed by atoms with Crippen LogP contribution in [0.5, 0.6) is 0 Å². The second kappa shape index (κ2) is 8.87. The second-order valence-electron chi connectivity index (χ2n) is 4.32. The highest BCUT2D eigenvalue weighted by Crippen LogP contribution is 2.16. The third-order valence-electron chi connectivity index (χ3n) is 2.95. The molecule has 0 unspecified atom stereocenters. The standard InChI is InChI=1S/C19H23N/c1-5-12-18(13-6-2)20-19(16(7-3)8-4)17-14-10-9-11-15-17/h5-7,9-15H,1,8H2,2-4H3/b13-6-,16-7-,18-12+,20-19-. The first-order valence-corrected chi connectivity index (χ1v) is 7.01. The van der Waals surface area contributed by atoms with Gasteiger partial charge < -0.3 is 0 Å². The Morgan fingerprint density at radius 1 is 1.20 bits per heavy atom. The van der Waals surface area contributed by atoms with Crippen LogP contribution in [0.15, 0.2) is 83.6 Å². The Hall–Kier alpha value is -2.15. The summed E-state index contributed by atoms with van der Waals surface area (Å²) in [6, 6.07) is 10.3. The Morgan fingerprint density at radius 2 is 1.90 bits per heavy atom. The predicted molar refractivity (Wildman–Crippen MR) is 90.1 cm³/mol. The molecule has 0 saturated heterocycles. The number of benzene rings is 1. The van der Waals surface area contributed by atoms with E-state index < -0.39 is 0 Å². The first kappa shape index (κ1) is 15.9. The van der Waals surface area contributed by atoms with E-state index in [-0.39, 0.29) is 0 Å². The molecule has 0 radical (unpaired) electrons. The average molecular weight is 265 g/mol. The zero-order chi connectivity index (χ0) is 14.8. The summed E-state index contributed by atoms with van der Waals surface area (Å²) in [7, 11) is 0. The lowest BCUT2D eigenvalue weighted by Crippen LogP contribution is -2.05. The lowest BCUT2D eigenvalue weighted by molar-refractivity contribution is 1.15. The van der Waals surface area contributed by atoms with Gasteiger partial charge in [-0.2, -0.15) is 0 Å². The summed E-state index contributed by atoms with van der Waals surface area (Å²) >= 11 is 0. The van der Waals surface area contributed by atoms with Crippen LogP contribution in [0, 0.1) is 0 Å². The molecule has 104 valence electrons. The van der Waals surface area contributed by atoms with Gasteiger partial charge in [0.05, 0.1) is 11.4 Å². The van der Waals surface area contributed by atoms with Gasteiger partial charge in [0.15, 0.2) is 0 Å². The predicted octanol–water partition coefficient (Wildman–Crippen LogP) is 5.48. The van der Waals surface area contributed by atoms with Gasteiger partial charge in [-0.3, -0.25) is 0 Å². The van der Waals surface area contributed by atoms with E-state index in [0.29, 0.717) is 0 Å². The molecule has 0 aliphatic rings. The molecule has 0 aliphatic heterocycles. The highest BCUT2D eigenvalue weighted by Gasteiger charge is 2.07. The van der Waals surface area contributed by atoms with Gasteiger partial charge in [-0.25, -0.2) is 4.99 Å². The number of nitrogens with zero attached hydrogens (tertiary/aromatic N) is 1. The largest absolute Gasteiger partial charge is 0.248 e. The Bertz CT molecular complexity index is 542. The minimum atomic E-state index is 0.911. The van der Waals surface area contributed by atoms with E-state index >= 15 is 0 Å². The molecule has 1 rings (SSSR count). The Morgan fingerprint density at radius 3 is 2.40 bits per heavy atom. The monoisotopic (exact) mass is 265 g/mol. The lowest BCUT2D eigenvalue weighted by atomic mass is 10.00. The van der Waals surface area contributed by atoms with Crippen molar-refractivity contribution in [1.29, 1.82) is 0 Å². The molecular weight excluding hydrogens is 242 g/mol. The van der Waals surface area contributed by atoms with Gasteiger partial charge >= 0.3 is 0 Å². The van der Waals surface area contributed by atoms with Crippen molar-refractivity contribution in [2.75, 3.05) is 0 Å². The third-order valence-corrected chi connectivity index (χ3v) is 2.95. The smallest absolute Gasteiger partial charge is 0.0737 e. The van der Waals surface area contributed by atoms with Crippen LogP contribution < -0.4 is 0 Å². The highest BCUT2D eigenvalue weighted by atomic mass is 14.8. The van der Waals surface area contributed by atoms with Crippen molar-refractivity contribution in [2.45, 2.75) is 27.2 Å². The van der Waals surface area contributed by atoms with Crippen molar-refractivity contribution in [3.8, 4) is 0 Å². The maximum Gasteiger partial charge on any atom is 0.0737 e. The second-order valence-corrected chi connectivity index (χ2v) is 4.32. The summed E-state index contributed by atoms with van der Waals surface area (Å²) in [4.78, 5) is 4.82. The SMILES string of the molecule is C=C/C=C(\C=C/C)/N=C(/C(=C\C)CC)c1ccccc1. The first-order valence-electron chi connectivity index (χ1n) is 7.01. The Labute approximate surface area is 122 Å². The molecule has 20 heavy (non-hydrogen) atoms. The van der Waals surface area contributed by atoms with Crippen LogP contribution in [-0.4, -0.2) is 5.71 Å². The fourth-order valence-corrected chi connectivity index (χ4v) is 1.98. The van der Waals surface area contributed by atoms with E-state index in [2.05, 4.69) is 38.6 Å². The van der Waals surface area contributed by atoms with Gasteiger partial charge in [-0.1, -0.05) is 62.1 Å². The van der Waals surface area contributed by atoms with Crippen LogP contribution in [0.2, 0.25) is 0 Å². The van der Waals surface area contributed by atoms with Gasteiger partial charge in [0.25, 0.3) is 0 Å². The average Bonchev–Trinajstić information content (AvgIpc) is 2.48. The first-order chi connectivity index (χ1) is 9.76. The number of aliphatic imine (C=N–C) groups is 1. The van der Waals surface area contributed by atoms with Crippen LogP contribution in [0.25, 0.3) is 0 Å². The van der Waals surface area contributed by atoms with Crippen LogP contribution in [-0.2, 0) is 0 Å². The zero-order valence-electron chi connectivity index (χ0n) is 12.6. The molecule has 0 heterocycles. The summed E-state index contributed by atoms with van der Waals surface area (Å²) in [5, 5.41) is 0. The molecular formula is C19H23N. The fraction of sp³-hybridized carbons (Fsp3) is 0.211. The van der Waals surface area contributed by atoms with Crippen LogP contribution in [0.4, 0.5) is 0 Å².